The van der Waals surface area contributed by atoms with Crippen molar-refractivity contribution >= 4 is 34.7 Å². The first kappa shape index (κ1) is 10.8. The van der Waals surface area contributed by atoms with E-state index >= 15 is 0 Å². The summed E-state index contributed by atoms with van der Waals surface area (Å²) >= 11 is 9.54. The van der Waals surface area contributed by atoms with Gasteiger partial charge in [0.05, 0.1) is 10.4 Å². The molecule has 0 bridgehead atoms. The van der Waals surface area contributed by atoms with E-state index in [4.69, 9.17) is 17.4 Å². The molecule has 0 saturated carbocycles. The highest BCUT2D eigenvalue weighted by Crippen LogP contribution is 2.37. The minimum absolute atomic E-state index is 0.280. The molecule has 14 heavy (non-hydrogen) atoms. The second-order valence-corrected chi connectivity index (χ2v) is 6.31. The standard InChI is InChI=1S/C9H13ClN2S2/c10-8-2-1-7(14-8)9(12-11)6-3-4-13-5-6/h1-2,6,9,12H,3-5,11H2. The molecule has 78 valence electrons. The molecule has 2 rings (SSSR count). The van der Waals surface area contributed by atoms with Crippen LogP contribution in [0.3, 0.4) is 0 Å². The Labute approximate surface area is 97.2 Å². The summed E-state index contributed by atoms with van der Waals surface area (Å²) in [5.74, 6) is 8.70. The van der Waals surface area contributed by atoms with Gasteiger partial charge in [-0.15, -0.1) is 11.3 Å². The average Bonchev–Trinajstić information content (AvgIpc) is 2.79. The molecule has 3 N–H and O–H groups in total. The zero-order chi connectivity index (χ0) is 9.97. The number of rotatable bonds is 3. The second-order valence-electron chi connectivity index (χ2n) is 3.41. The second kappa shape index (κ2) is 4.86. The summed E-state index contributed by atoms with van der Waals surface area (Å²) < 4.78 is 0.839. The number of hydrogen-bond acceptors (Lipinski definition) is 4. The smallest absolute Gasteiger partial charge is 0.0931 e. The summed E-state index contributed by atoms with van der Waals surface area (Å²) in [7, 11) is 0. The third-order valence-corrected chi connectivity index (χ3v) is 5.02. The van der Waals surface area contributed by atoms with E-state index in [9.17, 15) is 0 Å². The van der Waals surface area contributed by atoms with Crippen molar-refractivity contribution in [1.82, 2.24) is 5.43 Å². The fraction of sp³-hybridized carbons (Fsp3) is 0.556. The Hall–Kier alpha value is 0.260. The number of hydrazine groups is 1. The predicted octanol–water partition coefficient (Wildman–Crippen LogP) is 2.66. The van der Waals surface area contributed by atoms with E-state index < -0.39 is 0 Å². The molecule has 1 fully saturated rings. The summed E-state index contributed by atoms with van der Waals surface area (Å²) in [5, 5.41) is 0. The lowest BCUT2D eigenvalue weighted by molar-refractivity contribution is 0.406. The Balaban J connectivity index is 2.12. The molecule has 5 heteroatoms. The van der Waals surface area contributed by atoms with E-state index in [2.05, 4.69) is 11.5 Å². The maximum Gasteiger partial charge on any atom is 0.0931 e. The van der Waals surface area contributed by atoms with Crippen LogP contribution in [0.2, 0.25) is 4.34 Å². The largest absolute Gasteiger partial charge is 0.271 e. The van der Waals surface area contributed by atoms with Gasteiger partial charge in [0.25, 0.3) is 0 Å². The van der Waals surface area contributed by atoms with Gasteiger partial charge < -0.3 is 0 Å². The van der Waals surface area contributed by atoms with Gasteiger partial charge >= 0.3 is 0 Å². The third kappa shape index (κ3) is 2.25. The third-order valence-electron chi connectivity index (χ3n) is 2.52. The van der Waals surface area contributed by atoms with E-state index in [1.54, 1.807) is 11.3 Å². The zero-order valence-corrected chi connectivity index (χ0v) is 10.1. The average molecular weight is 249 g/mol. The lowest BCUT2D eigenvalue weighted by atomic mass is 9.98. The monoisotopic (exact) mass is 248 g/mol. The molecule has 0 amide bonds. The summed E-state index contributed by atoms with van der Waals surface area (Å²) in [6, 6.07) is 4.29. The number of thioether (sulfide) groups is 1. The van der Waals surface area contributed by atoms with Crippen molar-refractivity contribution in [2.24, 2.45) is 11.8 Å². The lowest BCUT2D eigenvalue weighted by Gasteiger charge is -2.20. The Bertz CT molecular complexity index is 297. The maximum absolute atomic E-state index is 5.91. The van der Waals surface area contributed by atoms with E-state index in [1.807, 2.05) is 17.8 Å². The minimum Gasteiger partial charge on any atom is -0.271 e. The van der Waals surface area contributed by atoms with Crippen molar-refractivity contribution in [3.63, 3.8) is 0 Å². The van der Waals surface area contributed by atoms with Crippen LogP contribution in [0.1, 0.15) is 17.3 Å². The van der Waals surface area contributed by atoms with Crippen LogP contribution in [0, 0.1) is 5.92 Å². The molecule has 2 unspecified atom stereocenters. The molecule has 2 atom stereocenters. The van der Waals surface area contributed by atoms with Crippen LogP contribution in [-0.4, -0.2) is 11.5 Å². The number of nitrogens with one attached hydrogen (secondary N) is 1. The zero-order valence-electron chi connectivity index (χ0n) is 7.70. The number of thiophene rings is 1. The molecule has 1 aliphatic heterocycles. The van der Waals surface area contributed by atoms with Crippen molar-refractivity contribution in [1.29, 1.82) is 0 Å². The van der Waals surface area contributed by atoms with Crippen LogP contribution in [0.5, 0.6) is 0 Å². The number of nitrogens with two attached hydrogens (primary N) is 1. The molecule has 0 aliphatic carbocycles. The van der Waals surface area contributed by atoms with Crippen LogP contribution < -0.4 is 11.3 Å². The topological polar surface area (TPSA) is 38.0 Å². The van der Waals surface area contributed by atoms with Gasteiger partial charge in [-0.2, -0.15) is 11.8 Å². The molecule has 1 saturated heterocycles. The van der Waals surface area contributed by atoms with Crippen LogP contribution >= 0.6 is 34.7 Å². The van der Waals surface area contributed by atoms with Gasteiger partial charge in [-0.25, -0.2) is 0 Å². The Morgan fingerprint density at radius 3 is 2.93 bits per heavy atom. The van der Waals surface area contributed by atoms with Gasteiger partial charge in [-0.1, -0.05) is 11.6 Å². The molecule has 2 heterocycles. The molecule has 2 nitrogen and oxygen atoms in total. The molecule has 1 aromatic heterocycles. The predicted molar refractivity (Wildman–Crippen MR) is 64.8 cm³/mol. The van der Waals surface area contributed by atoms with Crippen LogP contribution in [0.15, 0.2) is 12.1 Å². The summed E-state index contributed by atoms with van der Waals surface area (Å²) in [4.78, 5) is 1.25. The molecule has 0 radical (unpaired) electrons. The first-order chi connectivity index (χ1) is 6.81. The highest BCUT2D eigenvalue weighted by molar-refractivity contribution is 7.99. The quantitative estimate of drug-likeness (QED) is 0.638. The van der Waals surface area contributed by atoms with Crippen LogP contribution in [-0.2, 0) is 0 Å². The SMILES string of the molecule is NNC(c1ccc(Cl)s1)C1CCSC1. The number of halogens is 1. The van der Waals surface area contributed by atoms with E-state index in [-0.39, 0.29) is 6.04 Å². The Morgan fingerprint density at radius 1 is 1.57 bits per heavy atom. The van der Waals surface area contributed by atoms with Crippen LogP contribution in [0.4, 0.5) is 0 Å². The number of hydrogen-bond donors (Lipinski definition) is 2. The Kier molecular flexibility index (Phi) is 3.73. The molecule has 1 aromatic rings. The molecular weight excluding hydrogens is 236 g/mol. The highest BCUT2D eigenvalue weighted by atomic mass is 35.5. The minimum atomic E-state index is 0.280. The molecular formula is C9H13ClN2S2. The van der Waals surface area contributed by atoms with Gasteiger partial charge in [0, 0.05) is 4.88 Å². The Morgan fingerprint density at radius 2 is 2.43 bits per heavy atom. The van der Waals surface area contributed by atoms with Gasteiger partial charge in [0.2, 0.25) is 0 Å². The summed E-state index contributed by atoms with van der Waals surface area (Å²) in [6.07, 6.45) is 1.25. The molecule has 0 aromatic carbocycles. The van der Waals surface area contributed by atoms with Crippen molar-refractivity contribution in [2.45, 2.75) is 12.5 Å². The molecule has 0 spiro atoms. The van der Waals surface area contributed by atoms with Crippen molar-refractivity contribution < 1.29 is 0 Å². The lowest BCUT2D eigenvalue weighted by Crippen LogP contribution is -2.33. The van der Waals surface area contributed by atoms with Crippen molar-refractivity contribution in [3.05, 3.63) is 21.3 Å². The van der Waals surface area contributed by atoms with Crippen molar-refractivity contribution in [2.75, 3.05) is 11.5 Å². The van der Waals surface area contributed by atoms with Crippen LogP contribution in [0.25, 0.3) is 0 Å². The van der Waals surface area contributed by atoms with E-state index in [1.165, 1.54) is 22.8 Å². The van der Waals surface area contributed by atoms with Gasteiger partial charge in [-0.3, -0.25) is 11.3 Å². The highest BCUT2D eigenvalue weighted by Gasteiger charge is 2.26. The normalized spacial score (nSPS) is 24.0. The fourth-order valence-electron chi connectivity index (χ4n) is 1.76. The first-order valence-electron chi connectivity index (χ1n) is 4.60. The summed E-state index contributed by atoms with van der Waals surface area (Å²) in [6.45, 7) is 0. The maximum atomic E-state index is 5.91. The summed E-state index contributed by atoms with van der Waals surface area (Å²) in [5.41, 5.74) is 2.91. The van der Waals surface area contributed by atoms with Gasteiger partial charge in [-0.05, 0) is 36.0 Å². The van der Waals surface area contributed by atoms with Crippen molar-refractivity contribution in [3.8, 4) is 0 Å². The molecule has 1 aliphatic rings. The van der Waals surface area contributed by atoms with E-state index in [0.717, 1.165) is 4.34 Å². The van der Waals surface area contributed by atoms with Gasteiger partial charge in [0.1, 0.15) is 0 Å². The van der Waals surface area contributed by atoms with Gasteiger partial charge in [0.15, 0.2) is 0 Å². The fourth-order valence-corrected chi connectivity index (χ4v) is 4.27. The first-order valence-corrected chi connectivity index (χ1v) is 6.95. The van der Waals surface area contributed by atoms with E-state index in [0.29, 0.717) is 5.92 Å².